The van der Waals surface area contributed by atoms with Gasteiger partial charge in [-0.2, -0.15) is 0 Å². The fraction of sp³-hybridized carbons (Fsp3) is 0. The van der Waals surface area contributed by atoms with E-state index in [1.54, 1.807) is 0 Å². The van der Waals surface area contributed by atoms with Crippen molar-refractivity contribution in [1.29, 1.82) is 0 Å². The van der Waals surface area contributed by atoms with Crippen molar-refractivity contribution >= 4 is 33.5 Å². The van der Waals surface area contributed by atoms with E-state index in [0.717, 1.165) is 27.1 Å². The Morgan fingerprint density at radius 1 is 0.615 bits per heavy atom. The molecule has 4 aromatic carbocycles. The average molecular weight is 342 g/mol. The average Bonchev–Trinajstić information content (AvgIpc) is 2.65. The number of benzene rings is 4. The number of carbonyl (C=O) groups is 2. The van der Waals surface area contributed by atoms with E-state index in [4.69, 9.17) is 0 Å². The summed E-state index contributed by atoms with van der Waals surface area (Å²) in [7, 11) is 0. The highest BCUT2D eigenvalue weighted by atomic mass is 16.4. The lowest BCUT2D eigenvalue weighted by molar-refractivity contribution is 0.0696. The molecule has 0 atom stereocenters. The Hall–Kier alpha value is -3.66. The van der Waals surface area contributed by atoms with Gasteiger partial charge in [-0.05, 0) is 63.0 Å². The third kappa shape index (κ3) is 2.67. The van der Waals surface area contributed by atoms with Crippen molar-refractivity contribution < 1.29 is 19.8 Å². The van der Waals surface area contributed by atoms with Gasteiger partial charge < -0.3 is 10.2 Å². The van der Waals surface area contributed by atoms with Gasteiger partial charge in [-0.3, -0.25) is 0 Å². The summed E-state index contributed by atoms with van der Waals surface area (Å²) in [6.07, 6.45) is 0. The first-order valence-electron chi connectivity index (χ1n) is 8.06. The standard InChI is InChI=1S/C22H14O4/c23-21(24)17-9-16(10-18(11-17)22(25)26)19-7-3-6-15-8-13-4-1-2-5-14(13)12-20(15)19/h1-12H,(H,23,24)(H,25,26). The summed E-state index contributed by atoms with van der Waals surface area (Å²) < 4.78 is 0. The highest BCUT2D eigenvalue weighted by molar-refractivity contribution is 6.06. The van der Waals surface area contributed by atoms with E-state index >= 15 is 0 Å². The lowest BCUT2D eigenvalue weighted by atomic mass is 9.93. The lowest BCUT2D eigenvalue weighted by Crippen LogP contribution is -2.03. The molecule has 0 aliphatic heterocycles. The zero-order valence-corrected chi connectivity index (χ0v) is 13.6. The van der Waals surface area contributed by atoms with Gasteiger partial charge in [0.1, 0.15) is 0 Å². The van der Waals surface area contributed by atoms with E-state index in [-0.39, 0.29) is 11.1 Å². The molecule has 0 amide bonds. The van der Waals surface area contributed by atoms with Crippen molar-refractivity contribution in [3.05, 3.63) is 83.9 Å². The molecule has 4 rings (SSSR count). The van der Waals surface area contributed by atoms with Crippen molar-refractivity contribution in [2.45, 2.75) is 0 Å². The number of carboxylic acid groups (broad SMARTS) is 2. The van der Waals surface area contributed by atoms with Gasteiger partial charge in [0.15, 0.2) is 0 Å². The number of hydrogen-bond donors (Lipinski definition) is 2. The largest absolute Gasteiger partial charge is 0.478 e. The third-order valence-electron chi connectivity index (χ3n) is 4.48. The monoisotopic (exact) mass is 342 g/mol. The van der Waals surface area contributed by atoms with Crippen LogP contribution in [-0.2, 0) is 0 Å². The topological polar surface area (TPSA) is 74.6 Å². The summed E-state index contributed by atoms with van der Waals surface area (Å²) in [5.41, 5.74) is 1.29. The smallest absolute Gasteiger partial charge is 0.335 e. The molecule has 0 aliphatic carbocycles. The maximum Gasteiger partial charge on any atom is 0.335 e. The maximum absolute atomic E-state index is 11.4. The van der Waals surface area contributed by atoms with Crippen molar-refractivity contribution in [3.8, 4) is 11.1 Å². The van der Waals surface area contributed by atoms with Crippen LogP contribution in [0.3, 0.4) is 0 Å². The van der Waals surface area contributed by atoms with Gasteiger partial charge in [0, 0.05) is 0 Å². The van der Waals surface area contributed by atoms with Crippen LogP contribution in [-0.4, -0.2) is 22.2 Å². The van der Waals surface area contributed by atoms with Gasteiger partial charge >= 0.3 is 11.9 Å². The number of fused-ring (bicyclic) bond motifs is 2. The molecule has 2 N–H and O–H groups in total. The second-order valence-corrected chi connectivity index (χ2v) is 6.14. The Labute approximate surface area is 148 Å². The summed E-state index contributed by atoms with van der Waals surface area (Å²) in [5.74, 6) is -2.31. The minimum Gasteiger partial charge on any atom is -0.478 e. The zero-order valence-electron chi connectivity index (χ0n) is 13.6. The molecule has 0 aromatic heterocycles. The summed E-state index contributed by atoms with van der Waals surface area (Å²) in [6, 6.07) is 22.1. The second-order valence-electron chi connectivity index (χ2n) is 6.14. The van der Waals surface area contributed by atoms with Crippen LogP contribution >= 0.6 is 0 Å². The van der Waals surface area contributed by atoms with E-state index in [2.05, 4.69) is 6.07 Å². The van der Waals surface area contributed by atoms with E-state index < -0.39 is 11.9 Å². The molecule has 0 bridgehead atoms. The third-order valence-corrected chi connectivity index (χ3v) is 4.48. The molecule has 126 valence electrons. The Kier molecular flexibility index (Phi) is 3.66. The highest BCUT2D eigenvalue weighted by Gasteiger charge is 2.14. The van der Waals surface area contributed by atoms with E-state index in [0.29, 0.717) is 5.56 Å². The second kappa shape index (κ2) is 6.01. The van der Waals surface area contributed by atoms with Crippen LogP contribution in [0.25, 0.3) is 32.7 Å². The minimum atomic E-state index is -1.15. The maximum atomic E-state index is 11.4. The van der Waals surface area contributed by atoms with Gasteiger partial charge in [0.2, 0.25) is 0 Å². The van der Waals surface area contributed by atoms with Crippen molar-refractivity contribution in [3.63, 3.8) is 0 Å². The zero-order chi connectivity index (χ0) is 18.3. The SMILES string of the molecule is O=C(O)c1cc(C(=O)O)cc(-c2cccc3cc4ccccc4cc23)c1. The fourth-order valence-corrected chi connectivity index (χ4v) is 3.25. The molecule has 26 heavy (non-hydrogen) atoms. The molecule has 0 unspecified atom stereocenters. The van der Waals surface area contributed by atoms with Crippen LogP contribution in [0.2, 0.25) is 0 Å². The summed E-state index contributed by atoms with van der Waals surface area (Å²) in [5, 5.41) is 22.8. The van der Waals surface area contributed by atoms with Crippen LogP contribution in [0, 0.1) is 0 Å². The van der Waals surface area contributed by atoms with Crippen LogP contribution in [0.5, 0.6) is 0 Å². The number of aromatic carboxylic acids is 2. The van der Waals surface area contributed by atoms with Crippen molar-refractivity contribution in [2.24, 2.45) is 0 Å². The van der Waals surface area contributed by atoms with Crippen molar-refractivity contribution in [1.82, 2.24) is 0 Å². The van der Waals surface area contributed by atoms with E-state index in [1.165, 1.54) is 18.2 Å². The van der Waals surface area contributed by atoms with Gasteiger partial charge in [-0.1, -0.05) is 42.5 Å². The van der Waals surface area contributed by atoms with Crippen LogP contribution in [0.1, 0.15) is 20.7 Å². The molecule has 0 fully saturated rings. The molecule has 0 spiro atoms. The first-order chi connectivity index (χ1) is 12.5. The van der Waals surface area contributed by atoms with Crippen LogP contribution in [0.4, 0.5) is 0 Å². The molecule has 0 radical (unpaired) electrons. The fourth-order valence-electron chi connectivity index (χ4n) is 3.25. The summed E-state index contributed by atoms with van der Waals surface area (Å²) in [6.45, 7) is 0. The number of rotatable bonds is 3. The molecular formula is C22H14O4. The first-order valence-corrected chi connectivity index (χ1v) is 8.06. The van der Waals surface area contributed by atoms with Gasteiger partial charge in [0.05, 0.1) is 11.1 Å². The van der Waals surface area contributed by atoms with E-state index in [9.17, 15) is 19.8 Å². The Balaban J connectivity index is 2.03. The molecular weight excluding hydrogens is 328 g/mol. The molecule has 0 heterocycles. The van der Waals surface area contributed by atoms with Gasteiger partial charge in [-0.15, -0.1) is 0 Å². The predicted molar refractivity (Wildman–Crippen MR) is 101 cm³/mol. The quantitative estimate of drug-likeness (QED) is 0.511. The molecule has 4 nitrogen and oxygen atoms in total. The summed E-state index contributed by atoms with van der Waals surface area (Å²) >= 11 is 0. The molecule has 0 saturated carbocycles. The molecule has 4 aromatic rings. The van der Waals surface area contributed by atoms with Crippen LogP contribution < -0.4 is 0 Å². The first kappa shape index (κ1) is 15.8. The number of hydrogen-bond acceptors (Lipinski definition) is 2. The summed E-state index contributed by atoms with van der Waals surface area (Å²) in [4.78, 5) is 22.8. The van der Waals surface area contributed by atoms with E-state index in [1.807, 2.05) is 48.5 Å². The Morgan fingerprint density at radius 3 is 1.81 bits per heavy atom. The number of carboxylic acids is 2. The Bertz CT molecular complexity index is 1160. The lowest BCUT2D eigenvalue weighted by Gasteiger charge is -2.11. The van der Waals surface area contributed by atoms with Gasteiger partial charge in [0.25, 0.3) is 0 Å². The van der Waals surface area contributed by atoms with Crippen molar-refractivity contribution in [2.75, 3.05) is 0 Å². The molecule has 4 heteroatoms. The predicted octanol–water partition coefficient (Wildman–Crippen LogP) is 5.06. The molecule has 0 saturated heterocycles. The highest BCUT2D eigenvalue weighted by Crippen LogP contribution is 2.33. The normalized spacial score (nSPS) is 10.9. The van der Waals surface area contributed by atoms with Crippen LogP contribution in [0.15, 0.2) is 72.8 Å². The molecule has 0 aliphatic rings. The Morgan fingerprint density at radius 2 is 1.19 bits per heavy atom. The van der Waals surface area contributed by atoms with Gasteiger partial charge in [-0.25, -0.2) is 9.59 Å². The minimum absolute atomic E-state index is 0.0438.